The van der Waals surface area contributed by atoms with Crippen LogP contribution in [0.2, 0.25) is 0 Å². The molecule has 0 atom stereocenters. The summed E-state index contributed by atoms with van der Waals surface area (Å²) in [6.07, 6.45) is 1.57. The molecule has 1 amide bonds. The Balaban J connectivity index is 2.22. The minimum Gasteiger partial charge on any atom is -0.385 e. The maximum Gasteiger partial charge on any atom is 0.274 e. The van der Waals surface area contributed by atoms with Gasteiger partial charge in [0.25, 0.3) is 5.91 Å². The third kappa shape index (κ3) is 3.80. The van der Waals surface area contributed by atoms with Crippen molar-refractivity contribution in [3.05, 3.63) is 52.3 Å². The number of nitriles is 1. The van der Waals surface area contributed by atoms with Crippen molar-refractivity contribution in [2.24, 2.45) is 0 Å². The van der Waals surface area contributed by atoms with Crippen LogP contribution in [0.5, 0.6) is 0 Å². The van der Waals surface area contributed by atoms with Crippen molar-refractivity contribution >= 4 is 33.2 Å². The summed E-state index contributed by atoms with van der Waals surface area (Å²) in [7, 11) is 0. The highest BCUT2D eigenvalue weighted by Gasteiger charge is 2.11. The molecule has 2 aromatic rings. The van der Waals surface area contributed by atoms with E-state index in [0.29, 0.717) is 16.9 Å². The number of benzene rings is 1. The van der Waals surface area contributed by atoms with Crippen LogP contribution in [0.15, 0.2) is 41.0 Å². The average molecular weight is 345 g/mol. The van der Waals surface area contributed by atoms with Crippen molar-refractivity contribution in [2.75, 3.05) is 17.2 Å². The number of pyridine rings is 1. The van der Waals surface area contributed by atoms with E-state index in [0.717, 1.165) is 16.7 Å². The summed E-state index contributed by atoms with van der Waals surface area (Å²) in [5, 5.41) is 14.9. The second kappa shape index (κ2) is 6.86. The molecule has 2 N–H and O–H groups in total. The third-order valence-electron chi connectivity index (χ3n) is 2.72. The van der Waals surface area contributed by atoms with Gasteiger partial charge in [0.15, 0.2) is 0 Å². The predicted molar refractivity (Wildman–Crippen MR) is 85.2 cm³/mol. The molecule has 1 aromatic heterocycles. The lowest BCUT2D eigenvalue weighted by atomic mass is 10.2. The van der Waals surface area contributed by atoms with Crippen LogP contribution >= 0.6 is 15.9 Å². The Kier molecular flexibility index (Phi) is 4.90. The van der Waals surface area contributed by atoms with Crippen LogP contribution in [-0.4, -0.2) is 17.4 Å². The molecule has 0 unspecified atom stereocenters. The molecule has 0 saturated carbocycles. The van der Waals surface area contributed by atoms with Crippen LogP contribution in [-0.2, 0) is 0 Å². The quantitative estimate of drug-likeness (QED) is 0.890. The van der Waals surface area contributed by atoms with E-state index in [4.69, 9.17) is 5.26 Å². The van der Waals surface area contributed by atoms with Gasteiger partial charge in [-0.05, 0) is 37.3 Å². The maximum absolute atomic E-state index is 12.2. The highest BCUT2D eigenvalue weighted by molar-refractivity contribution is 9.10. The van der Waals surface area contributed by atoms with Crippen LogP contribution in [0.4, 0.5) is 11.4 Å². The number of hydrogen-bond donors (Lipinski definition) is 2. The Labute approximate surface area is 131 Å². The molecule has 5 nitrogen and oxygen atoms in total. The van der Waals surface area contributed by atoms with Gasteiger partial charge < -0.3 is 10.6 Å². The Hall–Kier alpha value is -2.39. The number of nitrogens with zero attached hydrogens (tertiary/aromatic N) is 2. The van der Waals surface area contributed by atoms with Gasteiger partial charge in [0.2, 0.25) is 0 Å². The lowest BCUT2D eigenvalue weighted by molar-refractivity contribution is 0.102. The topological polar surface area (TPSA) is 77.8 Å². The number of hydrogen-bond acceptors (Lipinski definition) is 4. The van der Waals surface area contributed by atoms with E-state index in [-0.39, 0.29) is 5.91 Å². The second-order valence-electron chi connectivity index (χ2n) is 4.22. The highest BCUT2D eigenvalue weighted by Crippen LogP contribution is 2.21. The molecule has 0 bridgehead atoms. The normalized spacial score (nSPS) is 9.76. The largest absolute Gasteiger partial charge is 0.385 e. The van der Waals surface area contributed by atoms with E-state index in [1.54, 1.807) is 36.5 Å². The van der Waals surface area contributed by atoms with Gasteiger partial charge in [0.05, 0.1) is 11.3 Å². The Morgan fingerprint density at radius 2 is 2.19 bits per heavy atom. The first kappa shape index (κ1) is 15.0. The second-order valence-corrected chi connectivity index (χ2v) is 5.13. The van der Waals surface area contributed by atoms with Gasteiger partial charge in [-0.3, -0.25) is 9.78 Å². The van der Waals surface area contributed by atoms with Crippen LogP contribution in [0.1, 0.15) is 23.0 Å². The van der Waals surface area contributed by atoms with Crippen molar-refractivity contribution in [3.8, 4) is 6.07 Å². The summed E-state index contributed by atoms with van der Waals surface area (Å²) in [5.74, 6) is -0.353. The van der Waals surface area contributed by atoms with E-state index >= 15 is 0 Å². The molecule has 2 rings (SSSR count). The molecule has 0 radical (unpaired) electrons. The van der Waals surface area contributed by atoms with Gasteiger partial charge in [0.1, 0.15) is 11.8 Å². The average Bonchev–Trinajstić information content (AvgIpc) is 2.49. The predicted octanol–water partition coefficient (Wildman–Crippen LogP) is 3.40. The first-order valence-electron chi connectivity index (χ1n) is 6.35. The number of anilines is 2. The summed E-state index contributed by atoms with van der Waals surface area (Å²) in [4.78, 5) is 16.2. The molecular formula is C15H13BrN4O. The van der Waals surface area contributed by atoms with Crippen LogP contribution in [0, 0.1) is 11.3 Å². The fraction of sp³-hybridized carbons (Fsp3) is 0.133. The van der Waals surface area contributed by atoms with Crippen molar-refractivity contribution in [1.82, 2.24) is 4.98 Å². The molecule has 0 aliphatic rings. The number of carbonyl (C=O) groups is 1. The number of carbonyl (C=O) groups excluding carboxylic acids is 1. The summed E-state index contributed by atoms with van der Waals surface area (Å²) in [5.41, 5.74) is 1.97. The number of halogens is 1. The molecule has 0 fully saturated rings. The minimum atomic E-state index is -0.353. The van der Waals surface area contributed by atoms with Crippen LogP contribution in [0.25, 0.3) is 0 Å². The first-order valence-corrected chi connectivity index (χ1v) is 7.14. The SMILES string of the molecule is CCNc1ccnc(C(=O)Nc2ccc(Br)cc2C#N)c1. The van der Waals surface area contributed by atoms with Gasteiger partial charge in [0, 0.05) is 22.9 Å². The van der Waals surface area contributed by atoms with Gasteiger partial charge in [-0.15, -0.1) is 0 Å². The Bertz CT molecular complexity index is 709. The molecule has 0 saturated heterocycles. The lowest BCUT2D eigenvalue weighted by Gasteiger charge is -2.08. The highest BCUT2D eigenvalue weighted by atomic mass is 79.9. The molecular weight excluding hydrogens is 332 g/mol. The fourth-order valence-electron chi connectivity index (χ4n) is 1.77. The van der Waals surface area contributed by atoms with E-state index < -0.39 is 0 Å². The Morgan fingerprint density at radius 1 is 1.38 bits per heavy atom. The van der Waals surface area contributed by atoms with E-state index in [1.807, 2.05) is 13.0 Å². The van der Waals surface area contributed by atoms with E-state index in [1.165, 1.54) is 0 Å². The lowest BCUT2D eigenvalue weighted by Crippen LogP contribution is -2.15. The van der Waals surface area contributed by atoms with Gasteiger partial charge in [-0.1, -0.05) is 15.9 Å². The summed E-state index contributed by atoms with van der Waals surface area (Å²) >= 11 is 3.29. The molecule has 1 heterocycles. The zero-order chi connectivity index (χ0) is 15.2. The van der Waals surface area contributed by atoms with Gasteiger partial charge in [-0.25, -0.2) is 0 Å². The van der Waals surface area contributed by atoms with Crippen molar-refractivity contribution in [2.45, 2.75) is 6.92 Å². The smallest absolute Gasteiger partial charge is 0.274 e. The van der Waals surface area contributed by atoms with Crippen molar-refractivity contribution < 1.29 is 4.79 Å². The fourth-order valence-corrected chi connectivity index (χ4v) is 2.13. The monoisotopic (exact) mass is 344 g/mol. The standard InChI is InChI=1S/C15H13BrN4O/c1-2-18-12-5-6-19-14(8-12)15(21)20-13-4-3-11(16)7-10(13)9-17/h3-8H,2H2,1H3,(H,18,19)(H,20,21). The Morgan fingerprint density at radius 3 is 2.90 bits per heavy atom. The number of aromatic nitrogens is 1. The summed E-state index contributed by atoms with van der Waals surface area (Å²) in [6.45, 7) is 2.73. The molecule has 6 heteroatoms. The zero-order valence-electron chi connectivity index (χ0n) is 11.4. The van der Waals surface area contributed by atoms with Crippen LogP contribution in [0.3, 0.4) is 0 Å². The molecule has 21 heavy (non-hydrogen) atoms. The molecule has 0 aliphatic carbocycles. The number of rotatable bonds is 4. The number of amides is 1. The third-order valence-corrected chi connectivity index (χ3v) is 3.22. The van der Waals surface area contributed by atoms with Gasteiger partial charge >= 0.3 is 0 Å². The van der Waals surface area contributed by atoms with Crippen molar-refractivity contribution in [3.63, 3.8) is 0 Å². The minimum absolute atomic E-state index is 0.292. The van der Waals surface area contributed by atoms with Crippen LogP contribution < -0.4 is 10.6 Å². The van der Waals surface area contributed by atoms with E-state index in [2.05, 4.69) is 31.5 Å². The molecule has 0 spiro atoms. The zero-order valence-corrected chi connectivity index (χ0v) is 12.9. The number of nitrogens with one attached hydrogen (secondary N) is 2. The summed E-state index contributed by atoms with van der Waals surface area (Å²) < 4.78 is 0.782. The van der Waals surface area contributed by atoms with Gasteiger partial charge in [-0.2, -0.15) is 5.26 Å². The first-order chi connectivity index (χ1) is 10.1. The summed E-state index contributed by atoms with van der Waals surface area (Å²) in [6, 6.07) is 10.6. The molecule has 106 valence electrons. The molecule has 1 aromatic carbocycles. The molecule has 0 aliphatic heterocycles. The van der Waals surface area contributed by atoms with Crippen molar-refractivity contribution in [1.29, 1.82) is 5.26 Å². The maximum atomic E-state index is 12.2. The van der Waals surface area contributed by atoms with E-state index in [9.17, 15) is 4.79 Å².